The van der Waals surface area contributed by atoms with E-state index in [0.717, 1.165) is 5.69 Å². The minimum atomic E-state index is -0.241. The molecule has 11 heteroatoms. The van der Waals surface area contributed by atoms with Gasteiger partial charge in [0.2, 0.25) is 5.95 Å². The van der Waals surface area contributed by atoms with Crippen LogP contribution in [0.3, 0.4) is 0 Å². The van der Waals surface area contributed by atoms with Gasteiger partial charge in [-0.1, -0.05) is 23.7 Å². The largest absolute Gasteiger partial charge is 0.494 e. The minimum absolute atomic E-state index is 0.112. The highest BCUT2D eigenvalue weighted by molar-refractivity contribution is 6.33. The van der Waals surface area contributed by atoms with Crippen LogP contribution in [-0.4, -0.2) is 59.5 Å². The molecule has 0 radical (unpaired) electrons. The molecule has 190 valence electrons. The Morgan fingerprint density at radius 2 is 1.81 bits per heavy atom. The number of hydrogen-bond donors (Lipinski definition) is 3. The maximum atomic E-state index is 12.5. The summed E-state index contributed by atoms with van der Waals surface area (Å²) in [6, 6.07) is 16.1. The Hall–Kier alpha value is -4.57. The van der Waals surface area contributed by atoms with Crippen molar-refractivity contribution in [3.05, 3.63) is 83.3 Å². The fourth-order valence-electron chi connectivity index (χ4n) is 3.63. The van der Waals surface area contributed by atoms with Crippen LogP contribution >= 0.6 is 11.6 Å². The van der Waals surface area contributed by atoms with E-state index in [2.05, 4.69) is 25.9 Å². The van der Waals surface area contributed by atoms with E-state index in [1.807, 2.05) is 30.5 Å². The highest BCUT2D eigenvalue weighted by atomic mass is 35.5. The summed E-state index contributed by atoms with van der Waals surface area (Å²) in [5, 5.41) is 9.15. The SMILES string of the molecule is CNC(=O)c1ccccc1Nc1nc(Nc2ccc(-n3cccc3C(=O)N(C)C)cc2OC)ncc1Cl. The highest BCUT2D eigenvalue weighted by Gasteiger charge is 2.16. The second-order valence-corrected chi connectivity index (χ2v) is 8.52. The predicted octanol–water partition coefficient (Wildman–Crippen LogP) is 4.48. The lowest BCUT2D eigenvalue weighted by Crippen LogP contribution is -2.24. The van der Waals surface area contributed by atoms with Crippen LogP contribution in [0.5, 0.6) is 5.75 Å². The molecule has 0 unspecified atom stereocenters. The van der Waals surface area contributed by atoms with E-state index < -0.39 is 0 Å². The molecule has 3 N–H and O–H groups in total. The molecule has 0 aliphatic rings. The van der Waals surface area contributed by atoms with Crippen LogP contribution < -0.4 is 20.7 Å². The molecule has 2 heterocycles. The van der Waals surface area contributed by atoms with Crippen molar-refractivity contribution in [1.82, 2.24) is 24.8 Å². The third-order valence-corrected chi connectivity index (χ3v) is 5.76. The molecular formula is C26H26ClN7O3. The van der Waals surface area contributed by atoms with Gasteiger partial charge in [0.25, 0.3) is 11.8 Å². The topological polar surface area (TPSA) is 113 Å². The number of methoxy groups -OCH3 is 1. The summed E-state index contributed by atoms with van der Waals surface area (Å²) in [4.78, 5) is 35.0. The number of para-hydroxylation sites is 1. The van der Waals surface area contributed by atoms with Gasteiger partial charge in [0.1, 0.15) is 16.5 Å². The Kier molecular flexibility index (Phi) is 7.59. The molecule has 10 nitrogen and oxygen atoms in total. The average molecular weight is 520 g/mol. The van der Waals surface area contributed by atoms with E-state index in [1.54, 1.807) is 63.2 Å². The van der Waals surface area contributed by atoms with Gasteiger partial charge in [0.15, 0.2) is 5.82 Å². The summed E-state index contributed by atoms with van der Waals surface area (Å²) in [6.07, 6.45) is 3.27. The molecule has 0 aliphatic heterocycles. The summed E-state index contributed by atoms with van der Waals surface area (Å²) in [6.45, 7) is 0. The van der Waals surface area contributed by atoms with Crippen LogP contribution in [0.2, 0.25) is 5.02 Å². The standard InChI is InChI=1S/C26H26ClN7O3/c1-28-24(35)17-8-5-6-9-19(17)30-23-18(27)15-29-26(32-23)31-20-12-11-16(14-22(20)37-4)34-13-7-10-21(34)25(36)33(2)3/h5-15H,1-4H3,(H,28,35)(H2,29,30,31,32). The molecular weight excluding hydrogens is 494 g/mol. The zero-order valence-corrected chi connectivity index (χ0v) is 21.5. The number of aromatic nitrogens is 3. The number of carbonyl (C=O) groups excluding carboxylic acids is 2. The third-order valence-electron chi connectivity index (χ3n) is 5.48. The number of nitrogens with one attached hydrogen (secondary N) is 3. The zero-order chi connectivity index (χ0) is 26.5. The molecule has 2 aromatic carbocycles. The van der Waals surface area contributed by atoms with E-state index in [0.29, 0.717) is 34.2 Å². The van der Waals surface area contributed by atoms with Gasteiger partial charge in [0.05, 0.1) is 30.2 Å². The molecule has 2 amide bonds. The first kappa shape index (κ1) is 25.5. The average Bonchev–Trinajstić information content (AvgIpc) is 3.40. The molecule has 0 atom stereocenters. The van der Waals surface area contributed by atoms with Gasteiger partial charge in [-0.3, -0.25) is 9.59 Å². The normalized spacial score (nSPS) is 10.5. The Balaban J connectivity index is 1.62. The predicted molar refractivity (Wildman–Crippen MR) is 144 cm³/mol. The van der Waals surface area contributed by atoms with Gasteiger partial charge in [-0.25, -0.2) is 4.98 Å². The minimum Gasteiger partial charge on any atom is -0.494 e. The smallest absolute Gasteiger partial charge is 0.270 e. The van der Waals surface area contributed by atoms with Crippen molar-refractivity contribution in [2.75, 3.05) is 38.9 Å². The number of hydrogen-bond acceptors (Lipinski definition) is 7. The van der Waals surface area contributed by atoms with Crippen LogP contribution in [0.1, 0.15) is 20.8 Å². The Labute approximate surface area is 219 Å². The fourth-order valence-corrected chi connectivity index (χ4v) is 3.77. The summed E-state index contributed by atoms with van der Waals surface area (Å²) in [5.74, 6) is 0.755. The molecule has 0 spiro atoms. The number of amides is 2. The van der Waals surface area contributed by atoms with Crippen molar-refractivity contribution in [3.63, 3.8) is 0 Å². The van der Waals surface area contributed by atoms with Gasteiger partial charge >= 0.3 is 0 Å². The third kappa shape index (κ3) is 5.49. The first-order chi connectivity index (χ1) is 17.8. The highest BCUT2D eigenvalue weighted by Crippen LogP contribution is 2.32. The van der Waals surface area contributed by atoms with E-state index in [9.17, 15) is 9.59 Å². The maximum absolute atomic E-state index is 12.5. The van der Waals surface area contributed by atoms with Crippen molar-refractivity contribution in [2.45, 2.75) is 0 Å². The Morgan fingerprint density at radius 3 is 2.54 bits per heavy atom. The molecule has 4 aromatic rings. The number of benzene rings is 2. The molecule has 2 aromatic heterocycles. The summed E-state index contributed by atoms with van der Waals surface area (Å²) >= 11 is 6.34. The number of carbonyl (C=O) groups is 2. The van der Waals surface area contributed by atoms with Gasteiger partial charge in [-0.2, -0.15) is 4.98 Å². The van der Waals surface area contributed by atoms with Gasteiger partial charge in [0, 0.05) is 39.1 Å². The van der Waals surface area contributed by atoms with E-state index in [1.165, 1.54) is 11.1 Å². The maximum Gasteiger partial charge on any atom is 0.270 e. The number of nitrogens with zero attached hydrogens (tertiary/aromatic N) is 4. The van der Waals surface area contributed by atoms with Crippen molar-refractivity contribution < 1.29 is 14.3 Å². The lowest BCUT2D eigenvalue weighted by Gasteiger charge is -2.16. The molecule has 0 fully saturated rings. The Morgan fingerprint density at radius 1 is 1.03 bits per heavy atom. The number of ether oxygens (including phenoxy) is 1. The zero-order valence-electron chi connectivity index (χ0n) is 20.7. The number of halogens is 1. The lowest BCUT2D eigenvalue weighted by molar-refractivity contribution is 0.0819. The summed E-state index contributed by atoms with van der Waals surface area (Å²) in [7, 11) is 6.53. The van der Waals surface area contributed by atoms with Gasteiger partial charge in [-0.05, 0) is 36.4 Å². The van der Waals surface area contributed by atoms with Gasteiger partial charge in [-0.15, -0.1) is 0 Å². The molecule has 0 saturated heterocycles. The first-order valence-corrected chi connectivity index (χ1v) is 11.6. The van der Waals surface area contributed by atoms with Crippen molar-refractivity contribution >= 4 is 46.6 Å². The quantitative estimate of drug-likeness (QED) is 0.314. The number of anilines is 4. The fraction of sp³-hybridized carbons (Fsp3) is 0.154. The second kappa shape index (κ2) is 11.0. The molecule has 0 bridgehead atoms. The van der Waals surface area contributed by atoms with Crippen molar-refractivity contribution in [2.24, 2.45) is 0 Å². The van der Waals surface area contributed by atoms with Crippen molar-refractivity contribution in [1.29, 1.82) is 0 Å². The molecule has 0 saturated carbocycles. The molecule has 0 aliphatic carbocycles. The van der Waals surface area contributed by atoms with Crippen LogP contribution in [0, 0.1) is 0 Å². The van der Waals surface area contributed by atoms with Crippen LogP contribution in [-0.2, 0) is 0 Å². The van der Waals surface area contributed by atoms with E-state index >= 15 is 0 Å². The van der Waals surface area contributed by atoms with E-state index in [4.69, 9.17) is 16.3 Å². The number of rotatable bonds is 8. The second-order valence-electron chi connectivity index (χ2n) is 8.11. The summed E-state index contributed by atoms with van der Waals surface area (Å²) in [5.41, 5.74) is 2.89. The Bertz CT molecular complexity index is 1450. The van der Waals surface area contributed by atoms with Crippen LogP contribution in [0.4, 0.5) is 23.1 Å². The van der Waals surface area contributed by atoms with Crippen LogP contribution in [0.15, 0.2) is 67.0 Å². The molecule has 37 heavy (non-hydrogen) atoms. The first-order valence-electron chi connectivity index (χ1n) is 11.3. The lowest BCUT2D eigenvalue weighted by atomic mass is 10.1. The monoisotopic (exact) mass is 519 g/mol. The van der Waals surface area contributed by atoms with Crippen molar-refractivity contribution in [3.8, 4) is 11.4 Å². The van der Waals surface area contributed by atoms with E-state index in [-0.39, 0.29) is 22.8 Å². The molecule has 4 rings (SSSR count). The summed E-state index contributed by atoms with van der Waals surface area (Å²) < 4.78 is 7.39. The van der Waals surface area contributed by atoms with Gasteiger partial charge < -0.3 is 30.2 Å². The van der Waals surface area contributed by atoms with Crippen LogP contribution in [0.25, 0.3) is 5.69 Å².